The van der Waals surface area contributed by atoms with Crippen molar-refractivity contribution in [3.8, 4) is 0 Å². The molecule has 1 aliphatic rings. The Balaban J connectivity index is 1.90. The molecular weight excluding hydrogens is 262 g/mol. The van der Waals surface area contributed by atoms with Gasteiger partial charge in [0, 0.05) is 31.2 Å². The summed E-state index contributed by atoms with van der Waals surface area (Å²) in [5.41, 5.74) is 7.06. The van der Waals surface area contributed by atoms with Crippen molar-refractivity contribution in [2.75, 3.05) is 33.2 Å². The van der Waals surface area contributed by atoms with Gasteiger partial charge in [-0.3, -0.25) is 4.79 Å². The Kier molecular flexibility index (Phi) is 4.80. The third-order valence-corrected chi connectivity index (χ3v) is 3.75. The number of nitrogens with zero attached hydrogens (tertiary/aromatic N) is 2. The topological polar surface area (TPSA) is 49.6 Å². The fourth-order valence-corrected chi connectivity index (χ4v) is 2.35. The van der Waals surface area contributed by atoms with Crippen LogP contribution in [0, 0.1) is 0 Å². The average molecular weight is 282 g/mol. The molecule has 1 atom stereocenters. The second-order valence-corrected chi connectivity index (χ2v) is 5.50. The molecule has 1 saturated heterocycles. The van der Waals surface area contributed by atoms with E-state index in [4.69, 9.17) is 17.3 Å². The maximum absolute atomic E-state index is 12.2. The molecule has 104 valence electrons. The summed E-state index contributed by atoms with van der Waals surface area (Å²) in [4.78, 5) is 16.3. The van der Waals surface area contributed by atoms with Gasteiger partial charge in [-0.2, -0.15) is 0 Å². The van der Waals surface area contributed by atoms with E-state index in [1.54, 1.807) is 0 Å². The molecule has 0 radical (unpaired) electrons. The fraction of sp³-hybridized carbons (Fsp3) is 0.500. The molecule has 1 aromatic rings. The second-order valence-electron chi connectivity index (χ2n) is 5.07. The molecule has 1 fully saturated rings. The third kappa shape index (κ3) is 3.93. The van der Waals surface area contributed by atoms with Crippen LogP contribution in [0.15, 0.2) is 24.3 Å². The Morgan fingerprint density at radius 1 is 1.26 bits per heavy atom. The van der Waals surface area contributed by atoms with Crippen molar-refractivity contribution < 1.29 is 4.79 Å². The quantitative estimate of drug-likeness (QED) is 0.899. The normalized spacial score (nSPS) is 18.4. The molecule has 0 bridgehead atoms. The maximum atomic E-state index is 12.2. The third-order valence-electron chi connectivity index (χ3n) is 3.50. The van der Waals surface area contributed by atoms with Gasteiger partial charge in [-0.1, -0.05) is 23.7 Å². The zero-order valence-electron chi connectivity index (χ0n) is 11.2. The van der Waals surface area contributed by atoms with E-state index in [1.165, 1.54) is 0 Å². The van der Waals surface area contributed by atoms with E-state index >= 15 is 0 Å². The number of carbonyl (C=O) groups excluding carboxylic acids is 1. The highest BCUT2D eigenvalue weighted by Crippen LogP contribution is 2.12. The van der Waals surface area contributed by atoms with Crippen molar-refractivity contribution in [3.05, 3.63) is 34.9 Å². The van der Waals surface area contributed by atoms with E-state index in [0.717, 1.165) is 31.7 Å². The molecule has 0 spiro atoms. The van der Waals surface area contributed by atoms with E-state index in [2.05, 4.69) is 11.9 Å². The monoisotopic (exact) mass is 281 g/mol. The summed E-state index contributed by atoms with van der Waals surface area (Å²) < 4.78 is 0. The molecule has 1 amide bonds. The minimum Gasteiger partial charge on any atom is -0.339 e. The van der Waals surface area contributed by atoms with Gasteiger partial charge in [0.05, 0.1) is 6.04 Å². The molecule has 0 aromatic heterocycles. The van der Waals surface area contributed by atoms with Gasteiger partial charge in [0.25, 0.3) is 0 Å². The minimum atomic E-state index is -0.468. The lowest BCUT2D eigenvalue weighted by Gasteiger charge is -2.33. The molecule has 1 heterocycles. The molecule has 1 aromatic carbocycles. The van der Waals surface area contributed by atoms with Crippen LogP contribution in [0.2, 0.25) is 5.02 Å². The van der Waals surface area contributed by atoms with Crippen molar-refractivity contribution in [1.29, 1.82) is 0 Å². The SMILES string of the molecule is CN1CCN(C(=O)C(N)Cc2ccc(Cl)cc2)CC1. The molecule has 5 heteroatoms. The summed E-state index contributed by atoms with van der Waals surface area (Å²) in [5, 5.41) is 0.697. The summed E-state index contributed by atoms with van der Waals surface area (Å²) in [6.07, 6.45) is 0.558. The number of piperazine rings is 1. The van der Waals surface area contributed by atoms with Gasteiger partial charge in [0.1, 0.15) is 0 Å². The number of hydrogen-bond acceptors (Lipinski definition) is 3. The van der Waals surface area contributed by atoms with Crippen LogP contribution >= 0.6 is 11.6 Å². The van der Waals surface area contributed by atoms with E-state index < -0.39 is 6.04 Å². The highest BCUT2D eigenvalue weighted by Gasteiger charge is 2.24. The molecule has 4 nitrogen and oxygen atoms in total. The van der Waals surface area contributed by atoms with Crippen molar-refractivity contribution in [3.63, 3.8) is 0 Å². The zero-order valence-corrected chi connectivity index (χ0v) is 11.9. The number of likely N-dealkylation sites (N-methyl/N-ethyl adjacent to an activating group) is 1. The van der Waals surface area contributed by atoms with Gasteiger partial charge in [0.15, 0.2) is 0 Å². The van der Waals surface area contributed by atoms with Gasteiger partial charge in [-0.25, -0.2) is 0 Å². The van der Waals surface area contributed by atoms with Crippen molar-refractivity contribution >= 4 is 17.5 Å². The first-order chi connectivity index (χ1) is 9.06. The predicted octanol–water partition coefficient (Wildman–Crippen LogP) is 0.984. The minimum absolute atomic E-state index is 0.0445. The number of rotatable bonds is 3. The van der Waals surface area contributed by atoms with Gasteiger partial charge >= 0.3 is 0 Å². The average Bonchev–Trinajstić information content (AvgIpc) is 2.41. The van der Waals surface area contributed by atoms with E-state index in [9.17, 15) is 4.79 Å². The standard InChI is InChI=1S/C14H20ClN3O/c1-17-6-8-18(9-7-17)14(19)13(16)10-11-2-4-12(15)5-3-11/h2-5,13H,6-10,16H2,1H3. The van der Waals surface area contributed by atoms with Crippen LogP contribution < -0.4 is 5.73 Å². The Bertz CT molecular complexity index is 427. The van der Waals surface area contributed by atoms with Crippen molar-refractivity contribution in [2.45, 2.75) is 12.5 Å². The highest BCUT2D eigenvalue weighted by atomic mass is 35.5. The van der Waals surface area contributed by atoms with Crippen molar-refractivity contribution in [1.82, 2.24) is 9.80 Å². The molecule has 1 aliphatic heterocycles. The number of halogens is 1. The van der Waals surface area contributed by atoms with Crippen LogP contribution in [-0.4, -0.2) is 55.0 Å². The largest absolute Gasteiger partial charge is 0.339 e. The first-order valence-corrected chi connectivity index (χ1v) is 6.91. The van der Waals surface area contributed by atoms with Gasteiger partial charge in [-0.15, -0.1) is 0 Å². The summed E-state index contributed by atoms with van der Waals surface area (Å²) in [6, 6.07) is 7.01. The molecule has 0 aliphatic carbocycles. The lowest BCUT2D eigenvalue weighted by atomic mass is 10.1. The molecule has 19 heavy (non-hydrogen) atoms. The summed E-state index contributed by atoms with van der Waals surface area (Å²) in [5.74, 6) is 0.0445. The van der Waals surface area contributed by atoms with Crippen LogP contribution in [0.1, 0.15) is 5.56 Å². The second kappa shape index (κ2) is 6.37. The number of nitrogens with two attached hydrogens (primary N) is 1. The van der Waals surface area contributed by atoms with E-state index in [-0.39, 0.29) is 5.91 Å². The molecule has 2 rings (SSSR count). The number of benzene rings is 1. The summed E-state index contributed by atoms with van der Waals surface area (Å²) in [7, 11) is 2.06. The molecule has 2 N–H and O–H groups in total. The van der Waals surface area contributed by atoms with Crippen LogP contribution in [0.3, 0.4) is 0 Å². The van der Waals surface area contributed by atoms with E-state index in [0.29, 0.717) is 11.4 Å². The lowest BCUT2D eigenvalue weighted by molar-refractivity contribution is -0.134. The predicted molar refractivity (Wildman–Crippen MR) is 77.2 cm³/mol. The summed E-state index contributed by atoms with van der Waals surface area (Å²) in [6.45, 7) is 3.37. The Morgan fingerprint density at radius 3 is 2.42 bits per heavy atom. The Morgan fingerprint density at radius 2 is 1.84 bits per heavy atom. The van der Waals surface area contributed by atoms with Crippen LogP contribution in [0.4, 0.5) is 0 Å². The number of carbonyl (C=O) groups is 1. The smallest absolute Gasteiger partial charge is 0.239 e. The van der Waals surface area contributed by atoms with Gasteiger partial charge in [0.2, 0.25) is 5.91 Å². The van der Waals surface area contributed by atoms with Crippen molar-refractivity contribution in [2.24, 2.45) is 5.73 Å². The molecule has 1 unspecified atom stereocenters. The molecule has 0 saturated carbocycles. The van der Waals surface area contributed by atoms with Gasteiger partial charge in [-0.05, 0) is 31.2 Å². The first-order valence-electron chi connectivity index (χ1n) is 6.53. The zero-order chi connectivity index (χ0) is 13.8. The lowest BCUT2D eigenvalue weighted by Crippen LogP contribution is -2.52. The van der Waals surface area contributed by atoms with Crippen LogP contribution in [0.5, 0.6) is 0 Å². The van der Waals surface area contributed by atoms with E-state index in [1.807, 2.05) is 29.2 Å². The van der Waals surface area contributed by atoms with Gasteiger partial charge < -0.3 is 15.5 Å². The maximum Gasteiger partial charge on any atom is 0.239 e. The Labute approximate surface area is 119 Å². The summed E-state index contributed by atoms with van der Waals surface area (Å²) >= 11 is 5.84. The van der Waals surface area contributed by atoms with Crippen LogP contribution in [-0.2, 0) is 11.2 Å². The Hall–Kier alpha value is -1.10. The fourth-order valence-electron chi connectivity index (χ4n) is 2.22. The number of hydrogen-bond donors (Lipinski definition) is 1. The van der Waals surface area contributed by atoms with Crippen LogP contribution in [0.25, 0.3) is 0 Å². The number of amides is 1. The molecular formula is C14H20ClN3O. The highest BCUT2D eigenvalue weighted by molar-refractivity contribution is 6.30. The first kappa shape index (κ1) is 14.3.